The monoisotopic (exact) mass is 311 g/mol. The van der Waals surface area contributed by atoms with E-state index < -0.39 is 4.92 Å². The van der Waals surface area contributed by atoms with Gasteiger partial charge in [-0.15, -0.1) is 5.10 Å². The molecule has 0 saturated heterocycles. The number of hydrogen-bond donors (Lipinski definition) is 2. The minimum absolute atomic E-state index is 0.0292. The van der Waals surface area contributed by atoms with Crippen LogP contribution in [-0.4, -0.2) is 31.8 Å². The zero-order chi connectivity index (χ0) is 13.0. The quantitative estimate of drug-likeness (QED) is 0.498. The maximum absolute atomic E-state index is 10.7. The van der Waals surface area contributed by atoms with E-state index in [0.29, 0.717) is 10.0 Å². The van der Waals surface area contributed by atoms with Gasteiger partial charge in [0.15, 0.2) is 0 Å². The van der Waals surface area contributed by atoms with E-state index in [9.17, 15) is 10.1 Å². The van der Waals surface area contributed by atoms with Crippen LogP contribution in [0.1, 0.15) is 5.56 Å². The third-order valence-corrected chi connectivity index (χ3v) is 2.56. The Bertz CT molecular complexity index is 583. The van der Waals surface area contributed by atoms with Crippen LogP contribution in [0.15, 0.2) is 27.8 Å². The van der Waals surface area contributed by atoms with Crippen molar-refractivity contribution in [3.63, 3.8) is 0 Å². The Morgan fingerprint density at radius 2 is 2.39 bits per heavy atom. The molecule has 9 nitrogen and oxygen atoms in total. The van der Waals surface area contributed by atoms with Gasteiger partial charge in [-0.3, -0.25) is 10.1 Å². The molecule has 0 bridgehead atoms. The molecule has 2 N–H and O–H groups in total. The lowest BCUT2D eigenvalue weighted by molar-refractivity contribution is -0.385. The smallest absolute Gasteiger partial charge is 0.258 e. The molecule has 1 aromatic heterocycles. The van der Waals surface area contributed by atoms with Gasteiger partial charge in [0, 0.05) is 11.6 Å². The number of hydrogen-bond acceptors (Lipinski definition) is 7. The fraction of sp³-hybridized carbons (Fsp3) is 0. The van der Waals surface area contributed by atoms with E-state index in [1.807, 2.05) is 0 Å². The van der Waals surface area contributed by atoms with E-state index in [4.69, 9.17) is 0 Å². The molecule has 1 heterocycles. The highest BCUT2D eigenvalue weighted by Crippen LogP contribution is 2.24. The number of H-pyrrole nitrogens is 1. The highest BCUT2D eigenvalue weighted by atomic mass is 79.9. The van der Waals surface area contributed by atoms with Crippen LogP contribution in [0.2, 0.25) is 0 Å². The van der Waals surface area contributed by atoms with Crippen molar-refractivity contribution in [2.75, 3.05) is 5.43 Å². The predicted octanol–water partition coefficient (Wildman–Crippen LogP) is 1.32. The van der Waals surface area contributed by atoms with E-state index in [1.54, 1.807) is 12.1 Å². The Hall–Kier alpha value is -2.36. The number of hydrazone groups is 1. The van der Waals surface area contributed by atoms with Crippen molar-refractivity contribution < 1.29 is 4.92 Å². The largest absolute Gasteiger partial charge is 0.284 e. The Morgan fingerprint density at radius 3 is 3.06 bits per heavy atom. The van der Waals surface area contributed by atoms with Crippen molar-refractivity contribution in [1.29, 1.82) is 0 Å². The Balaban J connectivity index is 2.12. The normalized spacial score (nSPS) is 10.7. The van der Waals surface area contributed by atoms with Crippen LogP contribution in [0.5, 0.6) is 0 Å². The zero-order valence-electron chi connectivity index (χ0n) is 8.74. The Kier molecular flexibility index (Phi) is 3.57. The third-order valence-electron chi connectivity index (χ3n) is 1.89. The van der Waals surface area contributed by atoms with Crippen LogP contribution < -0.4 is 5.43 Å². The average molecular weight is 312 g/mol. The fourth-order valence-electron chi connectivity index (χ4n) is 1.12. The molecule has 18 heavy (non-hydrogen) atoms. The van der Waals surface area contributed by atoms with E-state index in [-0.39, 0.29) is 11.6 Å². The number of nitrogens with zero attached hydrogens (tertiary/aromatic N) is 5. The SMILES string of the molecule is O=[N+]([O-])c1cc(C=NNc2nn[nH]n2)ccc1Br. The maximum Gasteiger partial charge on any atom is 0.284 e. The molecule has 0 aliphatic rings. The first-order valence-electron chi connectivity index (χ1n) is 4.63. The van der Waals surface area contributed by atoms with Crippen molar-refractivity contribution in [2.45, 2.75) is 0 Å². The van der Waals surface area contributed by atoms with Crippen LogP contribution in [0.3, 0.4) is 0 Å². The molecular formula is C8H6BrN7O2. The standard InChI is InChI=1S/C8H6BrN7O2/c9-6-2-1-5(3-7(6)16(17)18)4-10-11-8-12-14-15-13-8/h1-4H,(H2,11,12,13,14,15). The average Bonchev–Trinajstić information content (AvgIpc) is 2.84. The number of nitro groups is 1. The lowest BCUT2D eigenvalue weighted by Crippen LogP contribution is -1.94. The molecule has 0 spiro atoms. The molecule has 2 aromatic rings. The van der Waals surface area contributed by atoms with Crippen molar-refractivity contribution in [3.05, 3.63) is 38.3 Å². The van der Waals surface area contributed by atoms with Crippen LogP contribution >= 0.6 is 15.9 Å². The molecule has 0 aliphatic carbocycles. The number of rotatable bonds is 4. The third kappa shape index (κ3) is 2.85. The molecule has 0 atom stereocenters. The molecule has 0 aliphatic heterocycles. The summed E-state index contributed by atoms with van der Waals surface area (Å²) >= 11 is 3.10. The van der Waals surface area contributed by atoms with Crippen LogP contribution in [0, 0.1) is 10.1 Å². The highest BCUT2D eigenvalue weighted by Gasteiger charge is 2.11. The van der Waals surface area contributed by atoms with Crippen LogP contribution in [0.25, 0.3) is 0 Å². The Morgan fingerprint density at radius 1 is 1.56 bits per heavy atom. The first-order chi connectivity index (χ1) is 8.66. The van der Waals surface area contributed by atoms with E-state index in [1.165, 1.54) is 12.3 Å². The second kappa shape index (κ2) is 5.31. The molecule has 10 heteroatoms. The summed E-state index contributed by atoms with van der Waals surface area (Å²) in [5.74, 6) is 0.206. The molecule has 2 rings (SSSR count). The predicted molar refractivity (Wildman–Crippen MR) is 66.2 cm³/mol. The fourth-order valence-corrected chi connectivity index (χ4v) is 1.52. The summed E-state index contributed by atoms with van der Waals surface area (Å²) in [7, 11) is 0. The van der Waals surface area contributed by atoms with Crippen molar-refractivity contribution in [1.82, 2.24) is 20.6 Å². The van der Waals surface area contributed by atoms with Gasteiger partial charge >= 0.3 is 0 Å². The van der Waals surface area contributed by atoms with E-state index in [2.05, 4.69) is 47.1 Å². The second-order valence-electron chi connectivity index (χ2n) is 3.07. The number of tetrazole rings is 1. The summed E-state index contributed by atoms with van der Waals surface area (Å²) in [5, 5.41) is 27.3. The van der Waals surface area contributed by atoms with Gasteiger partial charge in [-0.25, -0.2) is 5.43 Å². The highest BCUT2D eigenvalue weighted by molar-refractivity contribution is 9.10. The van der Waals surface area contributed by atoms with Crippen molar-refractivity contribution in [2.24, 2.45) is 5.10 Å². The number of aromatic amines is 1. The van der Waals surface area contributed by atoms with Gasteiger partial charge in [0.25, 0.3) is 11.6 Å². The lowest BCUT2D eigenvalue weighted by Gasteiger charge is -1.97. The van der Waals surface area contributed by atoms with Gasteiger partial charge < -0.3 is 0 Å². The van der Waals surface area contributed by atoms with Gasteiger partial charge in [-0.2, -0.15) is 10.3 Å². The molecule has 0 saturated carbocycles. The van der Waals surface area contributed by atoms with Crippen LogP contribution in [0.4, 0.5) is 11.6 Å². The lowest BCUT2D eigenvalue weighted by atomic mass is 10.2. The molecule has 0 unspecified atom stereocenters. The minimum atomic E-state index is -0.478. The molecule has 92 valence electrons. The first kappa shape index (κ1) is 12.1. The summed E-state index contributed by atoms with van der Waals surface area (Å²) in [6, 6.07) is 4.65. The Labute approximate surface area is 109 Å². The number of nitrogens with one attached hydrogen (secondary N) is 2. The number of benzene rings is 1. The topological polar surface area (TPSA) is 122 Å². The summed E-state index contributed by atoms with van der Waals surface area (Å²) in [6.45, 7) is 0. The number of halogens is 1. The molecule has 0 amide bonds. The number of nitro benzene ring substituents is 1. The van der Waals surface area contributed by atoms with E-state index in [0.717, 1.165) is 0 Å². The number of aromatic nitrogens is 4. The summed E-state index contributed by atoms with van der Waals surface area (Å²) < 4.78 is 0.413. The number of anilines is 1. The molecular weight excluding hydrogens is 306 g/mol. The molecule has 1 aromatic carbocycles. The van der Waals surface area contributed by atoms with Gasteiger partial charge in [0.1, 0.15) is 0 Å². The molecule has 0 radical (unpaired) electrons. The minimum Gasteiger partial charge on any atom is -0.258 e. The van der Waals surface area contributed by atoms with Gasteiger partial charge in [0.2, 0.25) is 0 Å². The summed E-state index contributed by atoms with van der Waals surface area (Å²) in [6.07, 6.45) is 1.41. The van der Waals surface area contributed by atoms with Crippen molar-refractivity contribution >= 4 is 33.8 Å². The van der Waals surface area contributed by atoms with Gasteiger partial charge in [0.05, 0.1) is 15.6 Å². The maximum atomic E-state index is 10.7. The van der Waals surface area contributed by atoms with Gasteiger partial charge in [-0.05, 0) is 27.2 Å². The van der Waals surface area contributed by atoms with E-state index >= 15 is 0 Å². The summed E-state index contributed by atoms with van der Waals surface area (Å²) in [4.78, 5) is 10.2. The summed E-state index contributed by atoms with van der Waals surface area (Å²) in [5.41, 5.74) is 3.05. The van der Waals surface area contributed by atoms with Crippen LogP contribution in [-0.2, 0) is 0 Å². The first-order valence-corrected chi connectivity index (χ1v) is 5.42. The second-order valence-corrected chi connectivity index (χ2v) is 3.93. The van der Waals surface area contributed by atoms with Gasteiger partial charge in [-0.1, -0.05) is 11.2 Å². The van der Waals surface area contributed by atoms with Crippen molar-refractivity contribution in [3.8, 4) is 0 Å². The zero-order valence-corrected chi connectivity index (χ0v) is 10.3. The molecule has 0 fully saturated rings.